The van der Waals surface area contributed by atoms with Gasteiger partial charge in [0, 0.05) is 17.5 Å². The Morgan fingerprint density at radius 3 is 2.96 bits per heavy atom. The second-order valence-electron chi connectivity index (χ2n) is 6.75. The van der Waals surface area contributed by atoms with Gasteiger partial charge < -0.3 is 5.73 Å². The minimum atomic E-state index is -0.512. The summed E-state index contributed by atoms with van der Waals surface area (Å²) in [5.41, 5.74) is 7.88. The summed E-state index contributed by atoms with van der Waals surface area (Å²) in [5, 5.41) is 1.16. The minimum absolute atomic E-state index is 0.206. The SMILES string of the molecule is NC1=N[C@@]2(c3cc(/C=C/c4ccc(Cl)cn4)ccc3F)CCC[C@H]2CS1. The van der Waals surface area contributed by atoms with E-state index in [9.17, 15) is 4.39 Å². The minimum Gasteiger partial charge on any atom is -0.379 e. The molecule has 0 radical (unpaired) electrons. The lowest BCUT2D eigenvalue weighted by molar-refractivity contribution is 0.341. The molecule has 3 nitrogen and oxygen atoms in total. The number of rotatable bonds is 3. The number of aliphatic imine (C=N–C) groups is 1. The molecule has 0 unspecified atom stereocenters. The predicted octanol–water partition coefficient (Wildman–Crippen LogP) is 5.10. The summed E-state index contributed by atoms with van der Waals surface area (Å²) in [6.45, 7) is 0. The maximum Gasteiger partial charge on any atom is 0.154 e. The van der Waals surface area contributed by atoms with Crippen molar-refractivity contribution in [2.75, 3.05) is 5.75 Å². The Bertz CT molecular complexity index is 881. The van der Waals surface area contributed by atoms with Crippen LogP contribution in [0.1, 0.15) is 36.1 Å². The molecule has 0 spiro atoms. The van der Waals surface area contributed by atoms with Gasteiger partial charge in [0.1, 0.15) is 5.82 Å². The van der Waals surface area contributed by atoms with Crippen LogP contribution in [0.5, 0.6) is 0 Å². The van der Waals surface area contributed by atoms with Crippen LogP contribution in [0.4, 0.5) is 4.39 Å². The maximum absolute atomic E-state index is 14.8. The van der Waals surface area contributed by atoms with Gasteiger partial charge in [-0.25, -0.2) is 4.39 Å². The van der Waals surface area contributed by atoms with Gasteiger partial charge in [-0.3, -0.25) is 9.98 Å². The van der Waals surface area contributed by atoms with E-state index in [0.717, 1.165) is 36.3 Å². The molecule has 0 saturated heterocycles. The first-order valence-electron chi connectivity index (χ1n) is 8.65. The molecular formula is C20H19ClFN3S. The first-order chi connectivity index (χ1) is 12.6. The van der Waals surface area contributed by atoms with Crippen LogP contribution in [0.2, 0.25) is 5.02 Å². The van der Waals surface area contributed by atoms with Crippen molar-refractivity contribution < 1.29 is 4.39 Å². The fraction of sp³-hybridized carbons (Fsp3) is 0.300. The fourth-order valence-electron chi connectivity index (χ4n) is 3.90. The van der Waals surface area contributed by atoms with Crippen LogP contribution in [0.15, 0.2) is 41.5 Å². The molecule has 26 heavy (non-hydrogen) atoms. The first-order valence-corrected chi connectivity index (χ1v) is 10.0. The van der Waals surface area contributed by atoms with Gasteiger partial charge in [0.15, 0.2) is 5.17 Å². The molecule has 1 fully saturated rings. The molecule has 1 saturated carbocycles. The molecule has 1 aliphatic carbocycles. The van der Waals surface area contributed by atoms with Crippen LogP contribution >= 0.6 is 23.4 Å². The topological polar surface area (TPSA) is 51.3 Å². The number of thioether (sulfide) groups is 1. The van der Waals surface area contributed by atoms with Crippen molar-refractivity contribution in [1.82, 2.24) is 4.98 Å². The second-order valence-corrected chi connectivity index (χ2v) is 8.23. The number of halogens is 2. The zero-order valence-corrected chi connectivity index (χ0v) is 15.7. The number of nitrogens with zero attached hydrogens (tertiary/aromatic N) is 2. The van der Waals surface area contributed by atoms with Crippen LogP contribution in [0, 0.1) is 11.7 Å². The third-order valence-electron chi connectivity index (χ3n) is 5.18. The molecule has 2 N–H and O–H groups in total. The summed E-state index contributed by atoms with van der Waals surface area (Å²) < 4.78 is 14.8. The van der Waals surface area contributed by atoms with E-state index in [1.165, 1.54) is 6.07 Å². The highest BCUT2D eigenvalue weighted by Gasteiger charge is 2.47. The van der Waals surface area contributed by atoms with E-state index in [1.54, 1.807) is 30.1 Å². The highest BCUT2D eigenvalue weighted by Crippen LogP contribution is 2.51. The van der Waals surface area contributed by atoms with Crippen molar-refractivity contribution >= 4 is 40.7 Å². The van der Waals surface area contributed by atoms with Gasteiger partial charge in [0.25, 0.3) is 0 Å². The van der Waals surface area contributed by atoms with Gasteiger partial charge in [-0.1, -0.05) is 41.9 Å². The lowest BCUT2D eigenvalue weighted by Crippen LogP contribution is -2.37. The third-order valence-corrected chi connectivity index (χ3v) is 6.36. The van der Waals surface area contributed by atoms with Gasteiger partial charge in [-0.15, -0.1) is 0 Å². The summed E-state index contributed by atoms with van der Waals surface area (Å²) >= 11 is 7.44. The van der Waals surface area contributed by atoms with Gasteiger partial charge in [0.05, 0.1) is 16.3 Å². The second kappa shape index (κ2) is 7.05. The zero-order valence-electron chi connectivity index (χ0n) is 14.2. The molecule has 6 heteroatoms. The molecule has 1 aromatic heterocycles. The average molecular weight is 388 g/mol. The van der Waals surface area contributed by atoms with E-state index in [4.69, 9.17) is 22.3 Å². The first kappa shape index (κ1) is 17.6. The molecule has 0 amide bonds. The normalized spacial score (nSPS) is 25.3. The van der Waals surface area contributed by atoms with Gasteiger partial charge >= 0.3 is 0 Å². The number of nitrogens with two attached hydrogens (primary N) is 1. The predicted molar refractivity (Wildman–Crippen MR) is 108 cm³/mol. The lowest BCUT2D eigenvalue weighted by atomic mass is 9.80. The number of benzene rings is 1. The summed E-state index contributed by atoms with van der Waals surface area (Å²) in [7, 11) is 0. The van der Waals surface area contributed by atoms with E-state index in [-0.39, 0.29) is 5.82 Å². The van der Waals surface area contributed by atoms with Crippen LogP contribution in [0.3, 0.4) is 0 Å². The third kappa shape index (κ3) is 3.26. The number of pyridine rings is 1. The quantitative estimate of drug-likeness (QED) is 0.796. The molecule has 2 aromatic rings. The largest absolute Gasteiger partial charge is 0.379 e. The number of hydrogen-bond acceptors (Lipinski definition) is 4. The molecule has 4 rings (SSSR count). The van der Waals surface area contributed by atoms with Crippen molar-refractivity contribution in [1.29, 1.82) is 0 Å². The Balaban J connectivity index is 1.70. The van der Waals surface area contributed by atoms with Crippen molar-refractivity contribution in [2.45, 2.75) is 24.8 Å². The van der Waals surface area contributed by atoms with Gasteiger partial charge in [-0.2, -0.15) is 0 Å². The van der Waals surface area contributed by atoms with Crippen molar-refractivity contribution in [3.8, 4) is 0 Å². The van der Waals surface area contributed by atoms with Crippen LogP contribution in [-0.4, -0.2) is 15.9 Å². The molecule has 134 valence electrons. The standard InChI is InChI=1S/C20H19ClFN3S/c21-15-5-7-16(24-11-15)6-3-13-4-8-18(22)17(10-13)20-9-1-2-14(20)12-26-19(23)25-20/h3-8,10-11,14H,1-2,9,12H2,(H2,23,25)/b6-3+/t14-,20-/m0/s1. The Labute approximate surface area is 161 Å². The van der Waals surface area contributed by atoms with Crippen LogP contribution in [0.25, 0.3) is 12.2 Å². The van der Waals surface area contributed by atoms with Crippen molar-refractivity contribution in [3.63, 3.8) is 0 Å². The van der Waals surface area contributed by atoms with E-state index in [1.807, 2.05) is 24.3 Å². The maximum atomic E-state index is 14.8. The van der Waals surface area contributed by atoms with Crippen LogP contribution in [-0.2, 0) is 5.54 Å². The number of hydrogen-bond donors (Lipinski definition) is 1. The molecular weight excluding hydrogens is 369 g/mol. The fourth-order valence-corrected chi connectivity index (χ4v) is 5.06. The number of amidine groups is 1. The van der Waals surface area contributed by atoms with Gasteiger partial charge in [-0.05, 0) is 54.7 Å². The Morgan fingerprint density at radius 2 is 2.15 bits per heavy atom. The molecule has 1 aliphatic heterocycles. The molecule has 2 atom stereocenters. The van der Waals surface area contributed by atoms with Gasteiger partial charge in [0.2, 0.25) is 0 Å². The number of fused-ring (bicyclic) bond motifs is 1. The highest BCUT2D eigenvalue weighted by atomic mass is 35.5. The Hall–Kier alpha value is -1.85. The zero-order chi connectivity index (χ0) is 18.1. The van der Waals surface area contributed by atoms with Crippen molar-refractivity contribution in [2.24, 2.45) is 16.6 Å². The van der Waals surface area contributed by atoms with E-state index < -0.39 is 5.54 Å². The smallest absolute Gasteiger partial charge is 0.154 e. The summed E-state index contributed by atoms with van der Waals surface area (Å²) in [6, 6.07) is 8.85. The monoisotopic (exact) mass is 387 g/mol. The Morgan fingerprint density at radius 1 is 1.27 bits per heavy atom. The van der Waals surface area contributed by atoms with E-state index in [0.29, 0.717) is 21.7 Å². The lowest BCUT2D eigenvalue weighted by Gasteiger charge is -2.36. The number of aromatic nitrogens is 1. The Kier molecular flexibility index (Phi) is 4.76. The van der Waals surface area contributed by atoms with Crippen molar-refractivity contribution in [3.05, 3.63) is 64.2 Å². The molecule has 2 heterocycles. The highest BCUT2D eigenvalue weighted by molar-refractivity contribution is 8.13. The van der Waals surface area contributed by atoms with E-state index in [2.05, 4.69) is 4.98 Å². The molecule has 1 aromatic carbocycles. The summed E-state index contributed by atoms with van der Waals surface area (Å²) in [4.78, 5) is 8.99. The molecule has 2 aliphatic rings. The molecule has 0 bridgehead atoms. The summed E-state index contributed by atoms with van der Waals surface area (Å²) in [5.74, 6) is 1.04. The average Bonchev–Trinajstić information content (AvgIpc) is 3.06. The van der Waals surface area contributed by atoms with E-state index >= 15 is 0 Å². The van der Waals surface area contributed by atoms with Crippen LogP contribution < -0.4 is 5.73 Å². The summed E-state index contributed by atoms with van der Waals surface area (Å²) in [6.07, 6.45) is 8.41.